The van der Waals surface area contributed by atoms with Crippen molar-refractivity contribution >= 4 is 5.91 Å². The van der Waals surface area contributed by atoms with Gasteiger partial charge in [0.1, 0.15) is 5.75 Å². The summed E-state index contributed by atoms with van der Waals surface area (Å²) in [6, 6.07) is 7.72. The van der Waals surface area contributed by atoms with E-state index < -0.39 is 5.60 Å². The fourth-order valence-corrected chi connectivity index (χ4v) is 5.71. The van der Waals surface area contributed by atoms with Gasteiger partial charge in [0.05, 0.1) is 12.7 Å². The molecule has 6 nitrogen and oxygen atoms in total. The molecule has 1 saturated carbocycles. The van der Waals surface area contributed by atoms with E-state index in [1.165, 1.54) is 0 Å². The Morgan fingerprint density at radius 1 is 1.34 bits per heavy atom. The van der Waals surface area contributed by atoms with Crippen molar-refractivity contribution in [3.8, 4) is 5.75 Å². The van der Waals surface area contributed by atoms with Crippen LogP contribution in [0.15, 0.2) is 24.3 Å². The Labute approximate surface area is 171 Å². The number of aliphatic hydroxyl groups is 1. The van der Waals surface area contributed by atoms with E-state index in [4.69, 9.17) is 4.74 Å². The molecule has 1 aliphatic heterocycles. The lowest BCUT2D eigenvalue weighted by Crippen LogP contribution is -2.37. The zero-order chi connectivity index (χ0) is 20.2. The second-order valence-electron chi connectivity index (χ2n) is 9.15. The zero-order valence-electron chi connectivity index (χ0n) is 17.1. The first-order chi connectivity index (χ1) is 14.0. The molecule has 2 heterocycles. The first kappa shape index (κ1) is 18.7. The number of hydrogen-bond acceptors (Lipinski definition) is 4. The highest BCUT2D eigenvalue weighted by atomic mass is 16.5. The van der Waals surface area contributed by atoms with Crippen LogP contribution in [0.2, 0.25) is 0 Å². The molecule has 5 rings (SSSR count). The Hall–Kier alpha value is -2.34. The summed E-state index contributed by atoms with van der Waals surface area (Å²) in [5.41, 5.74) is 2.81. The van der Waals surface area contributed by atoms with E-state index in [-0.39, 0.29) is 11.8 Å². The number of nitrogens with one attached hydrogen (secondary N) is 1. The number of ether oxygens (including phenoxy) is 1. The van der Waals surface area contributed by atoms with Gasteiger partial charge in [-0.3, -0.25) is 9.89 Å². The van der Waals surface area contributed by atoms with Crippen molar-refractivity contribution in [2.24, 2.45) is 17.8 Å². The van der Waals surface area contributed by atoms with Gasteiger partial charge in [-0.05, 0) is 61.6 Å². The number of H-pyrrole nitrogens is 1. The van der Waals surface area contributed by atoms with E-state index >= 15 is 0 Å². The van der Waals surface area contributed by atoms with Gasteiger partial charge in [0.15, 0.2) is 5.69 Å². The van der Waals surface area contributed by atoms with Gasteiger partial charge in [-0.15, -0.1) is 0 Å². The summed E-state index contributed by atoms with van der Waals surface area (Å²) in [7, 11) is 1.64. The van der Waals surface area contributed by atoms with Crippen molar-refractivity contribution in [3.05, 3.63) is 46.8 Å². The number of carbonyl (C=O) groups is 1. The average Bonchev–Trinajstić information content (AvgIpc) is 3.42. The van der Waals surface area contributed by atoms with Crippen LogP contribution < -0.4 is 4.74 Å². The van der Waals surface area contributed by atoms with Crippen molar-refractivity contribution in [3.63, 3.8) is 0 Å². The summed E-state index contributed by atoms with van der Waals surface area (Å²) in [4.78, 5) is 15.2. The molecule has 0 radical (unpaired) electrons. The predicted octanol–water partition coefficient (Wildman–Crippen LogP) is 2.91. The zero-order valence-corrected chi connectivity index (χ0v) is 17.1. The molecule has 2 fully saturated rings. The Bertz CT molecular complexity index is 939. The molecule has 3 aliphatic rings. The number of likely N-dealkylation sites (tertiary alicyclic amines) is 1. The van der Waals surface area contributed by atoms with Gasteiger partial charge in [0.2, 0.25) is 0 Å². The van der Waals surface area contributed by atoms with Gasteiger partial charge in [0.25, 0.3) is 5.91 Å². The molecule has 0 bridgehead atoms. The Morgan fingerprint density at radius 3 is 3.03 bits per heavy atom. The van der Waals surface area contributed by atoms with E-state index in [0.29, 0.717) is 30.6 Å². The van der Waals surface area contributed by atoms with Crippen LogP contribution in [0.1, 0.15) is 53.5 Å². The van der Waals surface area contributed by atoms with Crippen molar-refractivity contribution in [1.29, 1.82) is 0 Å². The largest absolute Gasteiger partial charge is 0.497 e. The van der Waals surface area contributed by atoms with Crippen molar-refractivity contribution in [2.45, 2.75) is 44.6 Å². The molecule has 1 amide bonds. The highest BCUT2D eigenvalue weighted by Gasteiger charge is 2.53. The predicted molar refractivity (Wildman–Crippen MR) is 109 cm³/mol. The highest BCUT2D eigenvalue weighted by molar-refractivity contribution is 5.94. The summed E-state index contributed by atoms with van der Waals surface area (Å²) in [5, 5.41) is 19.1. The molecule has 29 heavy (non-hydrogen) atoms. The van der Waals surface area contributed by atoms with Gasteiger partial charge in [-0.25, -0.2) is 0 Å². The fourth-order valence-electron chi connectivity index (χ4n) is 5.71. The second-order valence-corrected chi connectivity index (χ2v) is 9.15. The van der Waals surface area contributed by atoms with E-state index in [2.05, 4.69) is 17.1 Å². The minimum absolute atomic E-state index is 0.0130. The number of aryl methyl sites for hydroxylation is 1. The lowest BCUT2D eigenvalue weighted by molar-refractivity contribution is -0.00608. The number of nitrogens with zero attached hydrogens (tertiary/aromatic N) is 2. The van der Waals surface area contributed by atoms with E-state index in [1.54, 1.807) is 7.11 Å². The number of carbonyl (C=O) groups excluding carboxylic acids is 1. The average molecular weight is 396 g/mol. The van der Waals surface area contributed by atoms with Crippen LogP contribution in [0.5, 0.6) is 5.75 Å². The highest BCUT2D eigenvalue weighted by Crippen LogP contribution is 2.51. The third-order valence-electron chi connectivity index (χ3n) is 7.40. The van der Waals surface area contributed by atoms with Gasteiger partial charge in [-0.2, -0.15) is 5.10 Å². The lowest BCUT2D eigenvalue weighted by Gasteiger charge is -2.31. The number of methoxy groups -OCH3 is 1. The molecule has 0 spiro atoms. The van der Waals surface area contributed by atoms with Gasteiger partial charge in [0, 0.05) is 30.3 Å². The van der Waals surface area contributed by atoms with Gasteiger partial charge >= 0.3 is 0 Å². The molecular weight excluding hydrogens is 366 g/mol. The second kappa shape index (κ2) is 6.87. The molecule has 6 heteroatoms. The first-order valence-electron chi connectivity index (χ1n) is 10.7. The first-order valence-corrected chi connectivity index (χ1v) is 10.7. The summed E-state index contributed by atoms with van der Waals surface area (Å²) in [6.45, 7) is 3.51. The molecule has 1 aromatic carbocycles. The maximum absolute atomic E-state index is 13.3. The summed E-state index contributed by atoms with van der Waals surface area (Å²) in [5.74, 6) is 1.72. The molecule has 1 aromatic heterocycles. The fraction of sp³-hybridized carbons (Fsp3) is 0.565. The summed E-state index contributed by atoms with van der Waals surface area (Å²) >= 11 is 0. The third kappa shape index (κ3) is 2.96. The van der Waals surface area contributed by atoms with Crippen LogP contribution >= 0.6 is 0 Å². The van der Waals surface area contributed by atoms with Crippen molar-refractivity contribution < 1.29 is 14.6 Å². The summed E-state index contributed by atoms with van der Waals surface area (Å²) in [6.07, 6.45) is 4.69. The van der Waals surface area contributed by atoms with Crippen molar-refractivity contribution in [2.75, 3.05) is 20.2 Å². The number of aromatic nitrogens is 2. The summed E-state index contributed by atoms with van der Waals surface area (Å²) < 4.78 is 5.35. The van der Waals surface area contributed by atoms with Crippen LogP contribution in [-0.2, 0) is 18.4 Å². The normalized spacial score (nSPS) is 30.9. The van der Waals surface area contributed by atoms with Crippen LogP contribution in [0.4, 0.5) is 0 Å². The standard InChI is InChI=1S/C23H29N3O3/c1-14-6-7-20-18(10-14)21(25-24-20)22(27)26-12-15-8-9-23(28,19(15)13-26)16-4-3-5-17(11-16)29-2/h3-5,11,14-15,19,28H,6-10,12-13H2,1-2H3,(H,24,25)/t14-,15+,19-,23-/m0/s1. The quantitative estimate of drug-likeness (QED) is 0.838. The number of fused-ring (bicyclic) bond motifs is 2. The Balaban J connectivity index is 1.38. The number of aromatic amines is 1. The molecule has 2 aromatic rings. The maximum atomic E-state index is 13.3. The topological polar surface area (TPSA) is 78.5 Å². The van der Waals surface area contributed by atoms with E-state index in [1.807, 2.05) is 29.2 Å². The molecule has 0 unspecified atom stereocenters. The maximum Gasteiger partial charge on any atom is 0.274 e. The van der Waals surface area contributed by atoms with Crippen LogP contribution in [0.25, 0.3) is 0 Å². The van der Waals surface area contributed by atoms with Gasteiger partial charge < -0.3 is 14.7 Å². The smallest absolute Gasteiger partial charge is 0.274 e. The number of rotatable bonds is 3. The molecular formula is C23H29N3O3. The van der Waals surface area contributed by atoms with Gasteiger partial charge in [-0.1, -0.05) is 19.1 Å². The van der Waals surface area contributed by atoms with E-state index in [9.17, 15) is 9.90 Å². The number of benzene rings is 1. The van der Waals surface area contributed by atoms with Crippen LogP contribution in [0.3, 0.4) is 0 Å². The lowest BCUT2D eigenvalue weighted by atomic mass is 9.82. The Kier molecular flexibility index (Phi) is 4.42. The molecule has 1 saturated heterocycles. The van der Waals surface area contributed by atoms with Crippen LogP contribution in [-0.4, -0.2) is 46.3 Å². The minimum Gasteiger partial charge on any atom is -0.497 e. The minimum atomic E-state index is -0.909. The SMILES string of the molecule is COc1cccc([C@@]2(O)CC[C@@H]3CN(C(=O)c4n[nH]c5c4C[C@@H](C)CC5)C[C@@H]32)c1. The Morgan fingerprint density at radius 2 is 2.21 bits per heavy atom. The number of hydrogen-bond donors (Lipinski definition) is 2. The molecule has 4 atom stereocenters. The van der Waals surface area contributed by atoms with E-state index in [0.717, 1.165) is 54.7 Å². The van der Waals surface area contributed by atoms with Crippen LogP contribution in [0, 0.1) is 17.8 Å². The molecule has 154 valence electrons. The molecule has 2 aliphatic carbocycles. The third-order valence-corrected chi connectivity index (χ3v) is 7.40. The monoisotopic (exact) mass is 395 g/mol. The molecule has 2 N–H and O–H groups in total. The van der Waals surface area contributed by atoms with Crippen molar-refractivity contribution in [1.82, 2.24) is 15.1 Å². The number of amides is 1.